The van der Waals surface area contributed by atoms with Crippen LogP contribution in [0.5, 0.6) is 11.6 Å². The van der Waals surface area contributed by atoms with Gasteiger partial charge in [0.25, 0.3) is 5.91 Å². The number of nitrogens with zero attached hydrogens (tertiary/aromatic N) is 1. The molecule has 1 aliphatic rings. The molecule has 1 aromatic heterocycles. The monoisotopic (exact) mass is 342 g/mol. The molecule has 1 N–H and O–H groups in total. The number of pyridine rings is 1. The van der Waals surface area contributed by atoms with E-state index in [1.807, 2.05) is 24.3 Å². The summed E-state index contributed by atoms with van der Waals surface area (Å²) in [5.41, 5.74) is 1.56. The molecular formula is C19H22N2O4. The lowest BCUT2D eigenvalue weighted by atomic mass is 10.1. The maximum absolute atomic E-state index is 12.6. The second-order valence-electron chi connectivity index (χ2n) is 5.86. The number of hydrogen-bond donors (Lipinski definition) is 1. The predicted octanol–water partition coefficient (Wildman–Crippen LogP) is 2.40. The lowest BCUT2D eigenvalue weighted by molar-refractivity contribution is 0.0940. The molecule has 1 saturated carbocycles. The molecule has 6 nitrogen and oxygen atoms in total. The van der Waals surface area contributed by atoms with E-state index in [0.29, 0.717) is 24.7 Å². The minimum absolute atomic E-state index is 0.0934. The summed E-state index contributed by atoms with van der Waals surface area (Å²) < 4.78 is 15.9. The van der Waals surface area contributed by atoms with E-state index in [-0.39, 0.29) is 17.9 Å². The molecular weight excluding hydrogens is 320 g/mol. The Labute approximate surface area is 147 Å². The summed E-state index contributed by atoms with van der Waals surface area (Å²) in [7, 11) is 3.26. The van der Waals surface area contributed by atoms with Gasteiger partial charge in [-0.05, 0) is 30.2 Å². The zero-order valence-corrected chi connectivity index (χ0v) is 14.4. The lowest BCUT2D eigenvalue weighted by Gasteiger charge is -2.11. The van der Waals surface area contributed by atoms with Crippen LogP contribution in [0.4, 0.5) is 0 Å². The highest BCUT2D eigenvalue weighted by atomic mass is 16.5. The Morgan fingerprint density at radius 3 is 2.84 bits per heavy atom. The van der Waals surface area contributed by atoms with Crippen molar-refractivity contribution in [2.45, 2.75) is 18.4 Å². The first-order valence-corrected chi connectivity index (χ1v) is 8.25. The van der Waals surface area contributed by atoms with Gasteiger partial charge < -0.3 is 19.5 Å². The van der Waals surface area contributed by atoms with E-state index in [2.05, 4.69) is 10.3 Å². The lowest BCUT2D eigenvalue weighted by Crippen LogP contribution is -2.27. The number of nitrogens with one attached hydrogen (secondary N) is 1. The van der Waals surface area contributed by atoms with Crippen molar-refractivity contribution < 1.29 is 19.0 Å². The van der Waals surface area contributed by atoms with Crippen molar-refractivity contribution in [2.75, 3.05) is 27.4 Å². The Morgan fingerprint density at radius 2 is 2.04 bits per heavy atom. The fourth-order valence-corrected chi connectivity index (χ4v) is 2.82. The molecule has 1 heterocycles. The van der Waals surface area contributed by atoms with Crippen LogP contribution in [0.1, 0.15) is 28.3 Å². The molecule has 0 bridgehead atoms. The normalized spacial score (nSPS) is 18.5. The highest BCUT2D eigenvalue weighted by molar-refractivity contribution is 5.96. The molecule has 0 radical (unpaired) electrons. The summed E-state index contributed by atoms with van der Waals surface area (Å²) in [5.74, 6) is 1.28. The van der Waals surface area contributed by atoms with Crippen molar-refractivity contribution in [3.63, 3.8) is 0 Å². The summed E-state index contributed by atoms with van der Waals surface area (Å²) in [4.78, 5) is 16.7. The minimum Gasteiger partial charge on any atom is -0.496 e. The van der Waals surface area contributed by atoms with Gasteiger partial charge in [0.15, 0.2) is 0 Å². The third kappa shape index (κ3) is 4.09. The predicted molar refractivity (Wildman–Crippen MR) is 93.2 cm³/mol. The van der Waals surface area contributed by atoms with Gasteiger partial charge in [0.2, 0.25) is 5.88 Å². The van der Waals surface area contributed by atoms with Crippen molar-refractivity contribution >= 4 is 5.91 Å². The standard InChI is InChI=1S/C19H22N2O4/c1-23-10-11-25-19-14(7-5-9-20-19)18(22)21-16-12-15(16)13-6-3-4-8-17(13)24-2/h3-9,15-16H,10-12H2,1-2H3,(H,21,22). The number of carbonyl (C=O) groups excluding carboxylic acids is 1. The molecule has 2 atom stereocenters. The molecule has 2 aromatic rings. The Hall–Kier alpha value is -2.60. The van der Waals surface area contributed by atoms with Gasteiger partial charge in [0.05, 0.1) is 13.7 Å². The van der Waals surface area contributed by atoms with Crippen LogP contribution < -0.4 is 14.8 Å². The number of carbonyl (C=O) groups is 1. The van der Waals surface area contributed by atoms with Gasteiger partial charge in [-0.15, -0.1) is 0 Å². The minimum atomic E-state index is -0.178. The number of ether oxygens (including phenoxy) is 3. The number of hydrogen-bond acceptors (Lipinski definition) is 5. The Balaban J connectivity index is 1.64. The van der Waals surface area contributed by atoms with Gasteiger partial charge >= 0.3 is 0 Å². The van der Waals surface area contributed by atoms with E-state index in [1.165, 1.54) is 0 Å². The summed E-state index contributed by atoms with van der Waals surface area (Å²) in [5, 5.41) is 3.06. The van der Waals surface area contributed by atoms with E-state index in [9.17, 15) is 4.79 Å². The molecule has 6 heteroatoms. The molecule has 3 rings (SSSR count). The number of rotatable bonds is 8. The fourth-order valence-electron chi connectivity index (χ4n) is 2.82. The van der Waals surface area contributed by atoms with Crippen LogP contribution in [0.25, 0.3) is 0 Å². The van der Waals surface area contributed by atoms with Gasteiger partial charge in [-0.3, -0.25) is 4.79 Å². The highest BCUT2D eigenvalue weighted by Gasteiger charge is 2.41. The summed E-state index contributed by atoms with van der Waals surface area (Å²) in [6.45, 7) is 0.789. The molecule has 25 heavy (non-hydrogen) atoms. The summed E-state index contributed by atoms with van der Waals surface area (Å²) >= 11 is 0. The van der Waals surface area contributed by atoms with Crippen LogP contribution in [0.2, 0.25) is 0 Å². The third-order valence-electron chi connectivity index (χ3n) is 4.19. The SMILES string of the molecule is COCCOc1ncccc1C(=O)NC1CC1c1ccccc1OC. The van der Waals surface area contributed by atoms with Gasteiger partial charge in [0.1, 0.15) is 17.9 Å². The molecule has 2 unspecified atom stereocenters. The molecule has 0 saturated heterocycles. The smallest absolute Gasteiger partial charge is 0.257 e. The molecule has 0 spiro atoms. The largest absolute Gasteiger partial charge is 0.496 e. The zero-order chi connectivity index (χ0) is 17.6. The Bertz CT molecular complexity index is 735. The topological polar surface area (TPSA) is 69.7 Å². The number of methoxy groups -OCH3 is 2. The van der Waals surface area contributed by atoms with E-state index < -0.39 is 0 Å². The number of para-hydroxylation sites is 1. The molecule has 0 aliphatic heterocycles. The maximum Gasteiger partial charge on any atom is 0.257 e. The average Bonchev–Trinajstić information content (AvgIpc) is 3.41. The van der Waals surface area contributed by atoms with E-state index in [0.717, 1.165) is 17.7 Å². The quantitative estimate of drug-likeness (QED) is 0.746. The second kappa shape index (κ2) is 7.98. The first-order valence-electron chi connectivity index (χ1n) is 8.25. The molecule has 1 amide bonds. The summed E-state index contributed by atoms with van der Waals surface area (Å²) in [6, 6.07) is 11.4. The van der Waals surface area contributed by atoms with Crippen LogP contribution in [-0.2, 0) is 4.74 Å². The first kappa shape index (κ1) is 17.2. The molecule has 1 aromatic carbocycles. The Kier molecular flexibility index (Phi) is 5.50. The van der Waals surface area contributed by atoms with Gasteiger partial charge in [-0.1, -0.05) is 18.2 Å². The van der Waals surface area contributed by atoms with E-state index >= 15 is 0 Å². The number of aromatic nitrogens is 1. The van der Waals surface area contributed by atoms with Crippen LogP contribution in [-0.4, -0.2) is 44.4 Å². The van der Waals surface area contributed by atoms with Crippen LogP contribution in [0.3, 0.4) is 0 Å². The van der Waals surface area contributed by atoms with Gasteiger partial charge in [0, 0.05) is 25.3 Å². The Morgan fingerprint density at radius 1 is 1.20 bits per heavy atom. The van der Waals surface area contributed by atoms with Crippen molar-refractivity contribution in [1.29, 1.82) is 0 Å². The molecule has 1 aliphatic carbocycles. The van der Waals surface area contributed by atoms with Crippen LogP contribution >= 0.6 is 0 Å². The summed E-state index contributed by atoms with van der Waals surface area (Å²) in [6.07, 6.45) is 2.50. The van der Waals surface area contributed by atoms with Crippen molar-refractivity contribution in [3.8, 4) is 11.6 Å². The molecule has 1 fully saturated rings. The molecule has 132 valence electrons. The number of benzene rings is 1. The zero-order valence-electron chi connectivity index (χ0n) is 14.4. The van der Waals surface area contributed by atoms with Crippen molar-refractivity contribution in [2.24, 2.45) is 0 Å². The van der Waals surface area contributed by atoms with Crippen LogP contribution in [0.15, 0.2) is 42.6 Å². The first-order chi connectivity index (χ1) is 12.2. The van der Waals surface area contributed by atoms with Crippen molar-refractivity contribution in [3.05, 3.63) is 53.7 Å². The van der Waals surface area contributed by atoms with Crippen molar-refractivity contribution in [1.82, 2.24) is 10.3 Å². The fraction of sp³-hybridized carbons (Fsp3) is 0.368. The average molecular weight is 342 g/mol. The number of amides is 1. The van der Waals surface area contributed by atoms with Gasteiger partial charge in [-0.2, -0.15) is 0 Å². The second-order valence-corrected chi connectivity index (χ2v) is 5.86. The van der Waals surface area contributed by atoms with Gasteiger partial charge in [-0.25, -0.2) is 4.98 Å². The van der Waals surface area contributed by atoms with E-state index in [1.54, 1.807) is 32.5 Å². The highest BCUT2D eigenvalue weighted by Crippen LogP contribution is 2.44. The third-order valence-corrected chi connectivity index (χ3v) is 4.19. The maximum atomic E-state index is 12.6. The van der Waals surface area contributed by atoms with E-state index in [4.69, 9.17) is 14.2 Å². The van der Waals surface area contributed by atoms with Crippen LogP contribution in [0, 0.1) is 0 Å².